The Morgan fingerprint density at radius 1 is 1.00 bits per heavy atom. The molecule has 1 unspecified atom stereocenters. The molecule has 1 atom stereocenters. The molecular formula is C30H28N6O2. The van der Waals surface area contributed by atoms with Crippen LogP contribution in [-0.4, -0.2) is 39.9 Å². The summed E-state index contributed by atoms with van der Waals surface area (Å²) in [6.45, 7) is 0. The van der Waals surface area contributed by atoms with Crippen molar-refractivity contribution in [1.29, 1.82) is 5.26 Å². The van der Waals surface area contributed by atoms with Crippen LogP contribution in [0.15, 0.2) is 85.1 Å². The normalized spacial score (nSPS) is 14.5. The minimum absolute atomic E-state index is 0.130. The second-order valence-electron chi connectivity index (χ2n) is 9.54. The molecule has 1 saturated carbocycles. The number of aromatic nitrogens is 3. The topological polar surface area (TPSA) is 113 Å². The molecule has 1 heterocycles. The van der Waals surface area contributed by atoms with Gasteiger partial charge in [-0.25, -0.2) is 4.68 Å². The average molecular weight is 505 g/mol. The number of carbonyl (C=O) groups excluding carboxylic acids is 2. The Bertz CT molecular complexity index is 1470. The van der Waals surface area contributed by atoms with Gasteiger partial charge in [0.1, 0.15) is 6.04 Å². The molecule has 0 bridgehead atoms. The highest BCUT2D eigenvalue weighted by molar-refractivity contribution is 5.93. The van der Waals surface area contributed by atoms with Crippen LogP contribution in [0.5, 0.6) is 0 Å². The zero-order valence-corrected chi connectivity index (χ0v) is 21.1. The molecule has 3 aromatic carbocycles. The summed E-state index contributed by atoms with van der Waals surface area (Å²) in [5, 5.41) is 23.1. The third-order valence-electron chi connectivity index (χ3n) is 7.27. The molecule has 1 fully saturated rings. The van der Waals surface area contributed by atoms with Crippen LogP contribution in [0.1, 0.15) is 36.1 Å². The molecule has 2 N–H and O–H groups in total. The van der Waals surface area contributed by atoms with E-state index in [2.05, 4.69) is 27.0 Å². The maximum Gasteiger partial charge on any atom is 0.242 e. The summed E-state index contributed by atoms with van der Waals surface area (Å²) in [7, 11) is 1.56. The zero-order valence-electron chi connectivity index (χ0n) is 21.1. The zero-order chi connectivity index (χ0) is 26.5. The summed E-state index contributed by atoms with van der Waals surface area (Å²) in [5.74, 6) is -0.406. The van der Waals surface area contributed by atoms with Crippen molar-refractivity contribution in [2.75, 3.05) is 7.05 Å². The van der Waals surface area contributed by atoms with Crippen LogP contribution in [0, 0.1) is 11.3 Å². The second kappa shape index (κ2) is 10.7. The highest BCUT2D eigenvalue weighted by atomic mass is 16.2. The van der Waals surface area contributed by atoms with Gasteiger partial charge in [-0.15, -0.1) is 5.10 Å². The molecule has 4 aromatic rings. The predicted molar refractivity (Wildman–Crippen MR) is 143 cm³/mol. The van der Waals surface area contributed by atoms with E-state index in [0.29, 0.717) is 11.3 Å². The fourth-order valence-corrected chi connectivity index (χ4v) is 4.89. The number of amides is 2. The smallest absolute Gasteiger partial charge is 0.242 e. The van der Waals surface area contributed by atoms with Crippen molar-refractivity contribution in [1.82, 2.24) is 25.6 Å². The van der Waals surface area contributed by atoms with E-state index in [-0.39, 0.29) is 18.2 Å². The third-order valence-corrected chi connectivity index (χ3v) is 7.27. The van der Waals surface area contributed by atoms with Crippen molar-refractivity contribution < 1.29 is 9.59 Å². The number of hydrogen-bond acceptors (Lipinski definition) is 5. The lowest BCUT2D eigenvalue weighted by atomic mass is 9.63. The molecule has 0 spiro atoms. The van der Waals surface area contributed by atoms with Crippen LogP contribution in [0.3, 0.4) is 0 Å². The SMILES string of the molecule is CNC(=O)C(Cc1cn(-c2ccc(-c3ccc(C#N)cc3)cc2)nn1)NC(=O)C1(c2ccccc2)CCC1. The van der Waals surface area contributed by atoms with E-state index in [1.54, 1.807) is 30.1 Å². The minimum Gasteiger partial charge on any atom is -0.357 e. The number of likely N-dealkylation sites (N-methyl/N-ethyl adjacent to an activating group) is 1. The van der Waals surface area contributed by atoms with Gasteiger partial charge in [-0.05, 0) is 53.8 Å². The lowest BCUT2D eigenvalue weighted by Gasteiger charge is -2.41. The number of nitriles is 1. The van der Waals surface area contributed by atoms with Gasteiger partial charge in [-0.2, -0.15) is 5.26 Å². The van der Waals surface area contributed by atoms with Crippen LogP contribution in [-0.2, 0) is 21.4 Å². The molecule has 1 aromatic heterocycles. The molecule has 8 nitrogen and oxygen atoms in total. The van der Waals surface area contributed by atoms with Crippen LogP contribution >= 0.6 is 0 Å². The van der Waals surface area contributed by atoms with Gasteiger partial charge < -0.3 is 10.6 Å². The standard InChI is InChI=1S/C30H28N6O2/c1-32-28(37)27(33-29(38)30(16-5-17-30)24-6-3-2-4-7-24)18-25-20-36(35-34-25)26-14-12-23(13-15-26)22-10-8-21(19-31)9-11-22/h2-4,6-15,20,27H,5,16-18H2,1H3,(H,32,37)(H,33,38). The van der Waals surface area contributed by atoms with Gasteiger partial charge in [0.2, 0.25) is 11.8 Å². The predicted octanol–water partition coefficient (Wildman–Crippen LogP) is 3.70. The quantitative estimate of drug-likeness (QED) is 0.380. The molecule has 5 rings (SSSR count). The second-order valence-corrected chi connectivity index (χ2v) is 9.54. The summed E-state index contributed by atoms with van der Waals surface area (Å²) in [4.78, 5) is 26.1. The van der Waals surface area contributed by atoms with Crippen LogP contribution in [0.25, 0.3) is 16.8 Å². The van der Waals surface area contributed by atoms with Crippen LogP contribution < -0.4 is 10.6 Å². The Kier molecular flexibility index (Phi) is 7.00. The number of rotatable bonds is 8. The van der Waals surface area contributed by atoms with Gasteiger partial charge in [0.15, 0.2) is 0 Å². The van der Waals surface area contributed by atoms with E-state index in [9.17, 15) is 9.59 Å². The monoisotopic (exact) mass is 504 g/mol. The summed E-state index contributed by atoms with van der Waals surface area (Å²) >= 11 is 0. The molecule has 190 valence electrons. The molecule has 1 aliphatic carbocycles. The number of carbonyl (C=O) groups is 2. The molecule has 38 heavy (non-hydrogen) atoms. The Morgan fingerprint density at radius 2 is 1.66 bits per heavy atom. The van der Waals surface area contributed by atoms with E-state index in [1.165, 1.54) is 0 Å². The highest BCUT2D eigenvalue weighted by Crippen LogP contribution is 2.44. The maximum atomic E-state index is 13.4. The maximum absolute atomic E-state index is 13.4. The van der Waals surface area contributed by atoms with Gasteiger partial charge in [0.05, 0.1) is 34.6 Å². The lowest BCUT2D eigenvalue weighted by molar-refractivity contribution is -0.134. The Morgan fingerprint density at radius 3 is 2.24 bits per heavy atom. The molecule has 0 radical (unpaired) electrons. The molecule has 0 aliphatic heterocycles. The summed E-state index contributed by atoms with van der Waals surface area (Å²) in [6, 6.07) is 26.4. The van der Waals surface area contributed by atoms with Crippen molar-refractivity contribution in [3.63, 3.8) is 0 Å². The van der Waals surface area contributed by atoms with E-state index >= 15 is 0 Å². The number of nitrogens with zero attached hydrogens (tertiary/aromatic N) is 4. The van der Waals surface area contributed by atoms with Crippen LogP contribution in [0.2, 0.25) is 0 Å². The Labute approximate surface area is 221 Å². The number of benzene rings is 3. The van der Waals surface area contributed by atoms with Gasteiger partial charge in [0, 0.05) is 13.5 Å². The average Bonchev–Trinajstić information content (AvgIpc) is 3.41. The first-order valence-electron chi connectivity index (χ1n) is 12.6. The molecule has 0 saturated heterocycles. The fourth-order valence-electron chi connectivity index (χ4n) is 4.89. The molecule has 8 heteroatoms. The first-order valence-corrected chi connectivity index (χ1v) is 12.6. The first-order chi connectivity index (χ1) is 18.5. The van der Waals surface area contributed by atoms with E-state index in [4.69, 9.17) is 5.26 Å². The van der Waals surface area contributed by atoms with E-state index in [1.807, 2.05) is 66.7 Å². The minimum atomic E-state index is -0.766. The van der Waals surface area contributed by atoms with Gasteiger partial charge >= 0.3 is 0 Å². The van der Waals surface area contributed by atoms with E-state index in [0.717, 1.165) is 41.6 Å². The highest BCUT2D eigenvalue weighted by Gasteiger charge is 2.46. The summed E-state index contributed by atoms with van der Waals surface area (Å²) in [5.41, 5.74) is 4.45. The van der Waals surface area contributed by atoms with Gasteiger partial charge in [-0.1, -0.05) is 66.2 Å². The van der Waals surface area contributed by atoms with Crippen molar-refractivity contribution in [2.45, 2.75) is 37.1 Å². The molecular weight excluding hydrogens is 476 g/mol. The first kappa shape index (κ1) is 24.9. The lowest BCUT2D eigenvalue weighted by Crippen LogP contribution is -2.56. The van der Waals surface area contributed by atoms with Crippen molar-refractivity contribution in [2.24, 2.45) is 0 Å². The van der Waals surface area contributed by atoms with Crippen molar-refractivity contribution >= 4 is 11.8 Å². The van der Waals surface area contributed by atoms with Crippen LogP contribution in [0.4, 0.5) is 0 Å². The number of hydrogen-bond donors (Lipinski definition) is 2. The van der Waals surface area contributed by atoms with E-state index < -0.39 is 11.5 Å². The Hall–Kier alpha value is -4.77. The third kappa shape index (κ3) is 4.91. The van der Waals surface area contributed by atoms with Crippen molar-refractivity contribution in [3.05, 3.63) is 102 Å². The summed E-state index contributed by atoms with van der Waals surface area (Å²) in [6.07, 6.45) is 4.50. The fraction of sp³-hybridized carbons (Fsp3) is 0.233. The summed E-state index contributed by atoms with van der Waals surface area (Å²) < 4.78 is 1.65. The van der Waals surface area contributed by atoms with Crippen molar-refractivity contribution in [3.8, 4) is 22.9 Å². The molecule has 1 aliphatic rings. The van der Waals surface area contributed by atoms with Gasteiger partial charge in [0.25, 0.3) is 0 Å². The van der Waals surface area contributed by atoms with Gasteiger partial charge in [-0.3, -0.25) is 9.59 Å². The largest absolute Gasteiger partial charge is 0.357 e. The molecule has 2 amide bonds. The Balaban J connectivity index is 1.30. The number of nitrogens with one attached hydrogen (secondary N) is 2.